The van der Waals surface area contributed by atoms with E-state index in [1.54, 1.807) is 0 Å². The molecule has 101 valence electrons. The summed E-state index contributed by atoms with van der Waals surface area (Å²) in [6.07, 6.45) is 2.19. The molecule has 1 N–H and O–H groups in total. The highest BCUT2D eigenvalue weighted by molar-refractivity contribution is 5.33. The van der Waals surface area contributed by atoms with Gasteiger partial charge in [0.05, 0.1) is 0 Å². The third-order valence-corrected chi connectivity index (χ3v) is 3.05. The number of benzene rings is 1. The van der Waals surface area contributed by atoms with E-state index in [1.165, 1.54) is 16.7 Å². The molecule has 1 atom stereocenters. The van der Waals surface area contributed by atoms with Crippen molar-refractivity contribution in [3.05, 3.63) is 41.8 Å². The van der Waals surface area contributed by atoms with E-state index in [0.717, 1.165) is 12.8 Å². The summed E-state index contributed by atoms with van der Waals surface area (Å²) in [5, 5.41) is 9.27. The molecule has 1 radical (unpaired) electrons. The topological polar surface area (TPSA) is 20.2 Å². The first kappa shape index (κ1) is 15.2. The minimum absolute atomic E-state index is 0.0111. The smallest absolute Gasteiger partial charge is 0.0499 e. The Hall–Kier alpha value is -0.820. The minimum Gasteiger partial charge on any atom is -0.396 e. The molecule has 1 heteroatoms. The summed E-state index contributed by atoms with van der Waals surface area (Å²) >= 11 is 0. The summed E-state index contributed by atoms with van der Waals surface area (Å²) in [6.45, 7) is 13.1. The Labute approximate surface area is 112 Å². The quantitative estimate of drug-likeness (QED) is 0.805. The van der Waals surface area contributed by atoms with E-state index in [2.05, 4.69) is 52.8 Å². The van der Waals surface area contributed by atoms with Crippen molar-refractivity contribution in [1.82, 2.24) is 0 Å². The van der Waals surface area contributed by atoms with Gasteiger partial charge < -0.3 is 5.11 Å². The average molecular weight is 247 g/mol. The molecule has 0 amide bonds. The van der Waals surface area contributed by atoms with Crippen LogP contribution in [0.5, 0.6) is 0 Å². The molecule has 1 aromatic carbocycles. The first-order chi connectivity index (χ1) is 8.42. The number of hydrogen-bond acceptors (Lipinski definition) is 1. The molecule has 0 aromatic heterocycles. The van der Waals surface area contributed by atoms with Gasteiger partial charge in [0.25, 0.3) is 0 Å². The van der Waals surface area contributed by atoms with Gasteiger partial charge in [-0.25, -0.2) is 0 Å². The summed E-state index contributed by atoms with van der Waals surface area (Å²) in [4.78, 5) is 0. The fourth-order valence-corrected chi connectivity index (χ4v) is 2.31. The van der Waals surface area contributed by atoms with E-state index in [1.807, 2.05) is 0 Å². The van der Waals surface area contributed by atoms with Gasteiger partial charge in [0, 0.05) is 12.5 Å². The average Bonchev–Trinajstić information content (AvgIpc) is 2.25. The Bertz CT molecular complexity index is 338. The third-order valence-electron chi connectivity index (χ3n) is 3.05. The van der Waals surface area contributed by atoms with Gasteiger partial charge in [0.2, 0.25) is 0 Å². The Morgan fingerprint density at radius 3 is 1.72 bits per heavy atom. The van der Waals surface area contributed by atoms with Gasteiger partial charge >= 0.3 is 0 Å². The summed E-state index contributed by atoms with van der Waals surface area (Å²) in [7, 11) is 0. The molecule has 18 heavy (non-hydrogen) atoms. The molecule has 0 aliphatic rings. The van der Waals surface area contributed by atoms with Crippen molar-refractivity contribution in [2.45, 2.75) is 46.5 Å². The van der Waals surface area contributed by atoms with Gasteiger partial charge in [-0.15, -0.1) is 0 Å². The summed E-state index contributed by atoms with van der Waals surface area (Å²) in [6, 6.07) is 6.73. The molecule has 0 saturated heterocycles. The van der Waals surface area contributed by atoms with Crippen LogP contribution >= 0.6 is 0 Å². The summed E-state index contributed by atoms with van der Waals surface area (Å²) in [5.74, 6) is 1.30. The molecular weight excluding hydrogens is 220 g/mol. The molecule has 0 saturated carbocycles. The van der Waals surface area contributed by atoms with Gasteiger partial charge in [-0.1, -0.05) is 45.9 Å². The van der Waals surface area contributed by atoms with Crippen molar-refractivity contribution in [3.63, 3.8) is 0 Å². The highest BCUT2D eigenvalue weighted by Crippen LogP contribution is 2.22. The van der Waals surface area contributed by atoms with E-state index in [4.69, 9.17) is 0 Å². The lowest BCUT2D eigenvalue weighted by atomic mass is 9.91. The summed E-state index contributed by atoms with van der Waals surface area (Å²) in [5.41, 5.74) is 3.92. The first-order valence-electron chi connectivity index (χ1n) is 6.99. The van der Waals surface area contributed by atoms with Gasteiger partial charge in [0.1, 0.15) is 0 Å². The molecule has 0 fully saturated rings. The van der Waals surface area contributed by atoms with Crippen molar-refractivity contribution in [1.29, 1.82) is 0 Å². The standard InChI is InChI=1S/C17H27O/c1-12(2)6-15-8-16(7-13(3)4)10-17(9-15)14(5)11-18/h8-10,12-14,18H,5-7,11H2,1-4H3. The van der Waals surface area contributed by atoms with E-state index in [9.17, 15) is 5.11 Å². The predicted molar refractivity (Wildman–Crippen MR) is 78.7 cm³/mol. The van der Waals surface area contributed by atoms with Crippen LogP contribution in [0.25, 0.3) is 0 Å². The van der Waals surface area contributed by atoms with Crippen LogP contribution in [0.15, 0.2) is 18.2 Å². The third kappa shape index (κ3) is 4.81. The summed E-state index contributed by atoms with van der Waals surface area (Å²) < 4.78 is 0. The molecule has 1 unspecified atom stereocenters. The van der Waals surface area contributed by atoms with Crippen LogP contribution in [-0.4, -0.2) is 11.7 Å². The molecule has 0 aliphatic carbocycles. The lowest BCUT2D eigenvalue weighted by Crippen LogP contribution is -2.05. The van der Waals surface area contributed by atoms with Crippen molar-refractivity contribution in [2.75, 3.05) is 6.61 Å². The van der Waals surface area contributed by atoms with Crippen molar-refractivity contribution in [2.24, 2.45) is 11.8 Å². The molecule has 0 aliphatic heterocycles. The normalized spacial score (nSPS) is 13.3. The van der Waals surface area contributed by atoms with E-state index in [-0.39, 0.29) is 12.5 Å². The van der Waals surface area contributed by atoms with Gasteiger partial charge in [-0.3, -0.25) is 0 Å². The monoisotopic (exact) mass is 247 g/mol. The highest BCUT2D eigenvalue weighted by Gasteiger charge is 2.09. The van der Waals surface area contributed by atoms with Crippen LogP contribution in [0, 0.1) is 18.8 Å². The van der Waals surface area contributed by atoms with Crippen molar-refractivity contribution in [3.8, 4) is 0 Å². The maximum absolute atomic E-state index is 9.27. The van der Waals surface area contributed by atoms with E-state index < -0.39 is 0 Å². The Morgan fingerprint density at radius 1 is 0.944 bits per heavy atom. The number of aliphatic hydroxyl groups is 1. The predicted octanol–water partition coefficient (Wildman–Crippen LogP) is 3.99. The van der Waals surface area contributed by atoms with Crippen LogP contribution in [0.4, 0.5) is 0 Å². The van der Waals surface area contributed by atoms with Crippen LogP contribution in [-0.2, 0) is 12.8 Å². The largest absolute Gasteiger partial charge is 0.396 e. The van der Waals surface area contributed by atoms with E-state index in [0.29, 0.717) is 11.8 Å². The zero-order valence-corrected chi connectivity index (χ0v) is 12.2. The molecule has 0 bridgehead atoms. The van der Waals surface area contributed by atoms with Gasteiger partial charge in [-0.05, 0) is 48.3 Å². The van der Waals surface area contributed by atoms with Crippen LogP contribution in [0.2, 0.25) is 0 Å². The number of hydrogen-bond donors (Lipinski definition) is 1. The zero-order valence-electron chi connectivity index (χ0n) is 12.2. The van der Waals surface area contributed by atoms with Crippen LogP contribution < -0.4 is 0 Å². The fourth-order valence-electron chi connectivity index (χ4n) is 2.31. The van der Waals surface area contributed by atoms with Crippen LogP contribution in [0.1, 0.15) is 50.3 Å². The molecule has 1 nitrogen and oxygen atoms in total. The second-order valence-electron chi connectivity index (χ2n) is 6.16. The highest BCUT2D eigenvalue weighted by atomic mass is 16.3. The Kier molecular flexibility index (Phi) is 5.87. The minimum atomic E-state index is -0.0111. The lowest BCUT2D eigenvalue weighted by molar-refractivity contribution is 0.282. The second-order valence-corrected chi connectivity index (χ2v) is 6.16. The molecule has 1 rings (SSSR count). The molecule has 1 aromatic rings. The van der Waals surface area contributed by atoms with E-state index >= 15 is 0 Å². The van der Waals surface area contributed by atoms with Gasteiger partial charge in [0.15, 0.2) is 0 Å². The first-order valence-corrected chi connectivity index (χ1v) is 6.99. The number of aliphatic hydroxyl groups excluding tert-OH is 1. The van der Waals surface area contributed by atoms with Crippen molar-refractivity contribution >= 4 is 0 Å². The molecule has 0 heterocycles. The van der Waals surface area contributed by atoms with Gasteiger partial charge in [-0.2, -0.15) is 0 Å². The SMILES string of the molecule is [CH2]C(CO)c1cc(CC(C)C)cc(CC(C)C)c1. The number of rotatable bonds is 6. The van der Waals surface area contributed by atoms with Crippen LogP contribution in [0.3, 0.4) is 0 Å². The Balaban J connectivity index is 3.03. The lowest BCUT2D eigenvalue weighted by Gasteiger charge is -2.15. The van der Waals surface area contributed by atoms with Crippen molar-refractivity contribution < 1.29 is 5.11 Å². The maximum Gasteiger partial charge on any atom is 0.0499 e. The fraction of sp³-hybridized carbons (Fsp3) is 0.588. The Morgan fingerprint density at radius 2 is 1.39 bits per heavy atom. The zero-order chi connectivity index (χ0) is 13.7. The molecular formula is C17H27O. The maximum atomic E-state index is 9.27. The molecule has 0 spiro atoms. The second kappa shape index (κ2) is 6.94.